The highest BCUT2D eigenvalue weighted by molar-refractivity contribution is 6.30. The standard InChI is InChI=1S/C24H29ClF2N2O/c1-24(2,29-20-10-8-19(25)9-11-20)18-6-3-16(4-7-18)13-14-28-23(30)17-5-12-21(26)22(27)15-17/h5,8-12,15-16,18,29H,3-4,6-7,13-14H2,1-2H3,(H,28,30). The van der Waals surface area contributed by atoms with Gasteiger partial charge in [-0.1, -0.05) is 24.4 Å². The summed E-state index contributed by atoms with van der Waals surface area (Å²) in [5.41, 5.74) is 1.21. The Kier molecular flexibility index (Phi) is 7.35. The molecule has 2 aromatic carbocycles. The molecule has 6 heteroatoms. The van der Waals surface area contributed by atoms with Gasteiger partial charge < -0.3 is 10.6 Å². The number of carbonyl (C=O) groups excluding carboxylic acids is 1. The summed E-state index contributed by atoms with van der Waals surface area (Å²) < 4.78 is 26.3. The van der Waals surface area contributed by atoms with E-state index < -0.39 is 11.6 Å². The first-order valence-corrected chi connectivity index (χ1v) is 10.9. The number of halogens is 3. The average molecular weight is 435 g/mol. The van der Waals surface area contributed by atoms with E-state index in [1.54, 1.807) is 0 Å². The van der Waals surface area contributed by atoms with Crippen LogP contribution in [0.1, 0.15) is 56.3 Å². The van der Waals surface area contributed by atoms with Crippen molar-refractivity contribution >= 4 is 23.2 Å². The molecule has 1 aliphatic rings. The number of hydrogen-bond acceptors (Lipinski definition) is 2. The van der Waals surface area contributed by atoms with Gasteiger partial charge in [-0.15, -0.1) is 0 Å². The van der Waals surface area contributed by atoms with Gasteiger partial charge in [0, 0.05) is 28.4 Å². The van der Waals surface area contributed by atoms with Gasteiger partial charge >= 0.3 is 0 Å². The van der Waals surface area contributed by atoms with Crippen LogP contribution in [0.4, 0.5) is 14.5 Å². The fraction of sp³-hybridized carbons (Fsp3) is 0.458. The van der Waals surface area contributed by atoms with Gasteiger partial charge in [-0.05, 0) is 87.4 Å². The first-order chi connectivity index (χ1) is 14.2. The zero-order valence-electron chi connectivity index (χ0n) is 17.5. The Labute approximate surface area is 182 Å². The number of anilines is 1. The highest BCUT2D eigenvalue weighted by Gasteiger charge is 2.33. The molecule has 0 heterocycles. The van der Waals surface area contributed by atoms with Crippen LogP contribution >= 0.6 is 11.6 Å². The second-order valence-electron chi connectivity index (χ2n) is 8.74. The number of rotatable bonds is 7. The van der Waals surface area contributed by atoms with Gasteiger partial charge in [0.25, 0.3) is 5.91 Å². The molecule has 2 aromatic rings. The van der Waals surface area contributed by atoms with Crippen molar-refractivity contribution in [2.24, 2.45) is 11.8 Å². The normalized spacial score (nSPS) is 19.4. The second-order valence-corrected chi connectivity index (χ2v) is 9.18. The lowest BCUT2D eigenvalue weighted by Crippen LogP contribution is -2.41. The van der Waals surface area contributed by atoms with Gasteiger partial charge in [0.15, 0.2) is 11.6 Å². The zero-order chi connectivity index (χ0) is 21.7. The number of hydrogen-bond donors (Lipinski definition) is 2. The van der Waals surface area contributed by atoms with E-state index in [4.69, 9.17) is 11.6 Å². The number of carbonyl (C=O) groups is 1. The molecule has 3 nitrogen and oxygen atoms in total. The van der Waals surface area contributed by atoms with Crippen LogP contribution in [0.15, 0.2) is 42.5 Å². The lowest BCUT2D eigenvalue weighted by molar-refractivity contribution is 0.0948. The predicted octanol–water partition coefficient (Wildman–Crippen LogP) is 6.44. The Morgan fingerprint density at radius 3 is 2.33 bits per heavy atom. The maximum absolute atomic E-state index is 13.3. The van der Waals surface area contributed by atoms with Gasteiger partial charge in [0.05, 0.1) is 0 Å². The summed E-state index contributed by atoms with van der Waals surface area (Å²) in [6, 6.07) is 11.0. The molecule has 2 N–H and O–H groups in total. The molecule has 0 bridgehead atoms. The third kappa shape index (κ3) is 5.94. The van der Waals surface area contributed by atoms with E-state index in [0.717, 1.165) is 54.9 Å². The van der Waals surface area contributed by atoms with E-state index in [1.165, 1.54) is 6.07 Å². The largest absolute Gasteiger partial charge is 0.380 e. The van der Waals surface area contributed by atoms with Crippen molar-refractivity contribution in [3.05, 3.63) is 64.7 Å². The highest BCUT2D eigenvalue weighted by atomic mass is 35.5. The molecule has 0 unspecified atom stereocenters. The van der Waals surface area contributed by atoms with Crippen LogP contribution in [0.25, 0.3) is 0 Å². The van der Waals surface area contributed by atoms with Gasteiger partial charge in [-0.2, -0.15) is 0 Å². The minimum Gasteiger partial charge on any atom is -0.380 e. The molecular formula is C24H29ClF2N2O. The van der Waals surface area contributed by atoms with Gasteiger partial charge in [0.1, 0.15) is 0 Å². The fourth-order valence-electron chi connectivity index (χ4n) is 4.31. The van der Waals surface area contributed by atoms with E-state index in [0.29, 0.717) is 18.4 Å². The molecule has 30 heavy (non-hydrogen) atoms. The first kappa shape index (κ1) is 22.5. The number of nitrogens with one attached hydrogen (secondary N) is 2. The lowest BCUT2D eigenvalue weighted by Gasteiger charge is -2.40. The molecule has 0 atom stereocenters. The van der Waals surface area contributed by atoms with Crippen LogP contribution in [0.3, 0.4) is 0 Å². The summed E-state index contributed by atoms with van der Waals surface area (Å²) in [5, 5.41) is 7.19. The fourth-order valence-corrected chi connectivity index (χ4v) is 4.44. The van der Waals surface area contributed by atoms with Crippen molar-refractivity contribution in [3.8, 4) is 0 Å². The quantitative estimate of drug-likeness (QED) is 0.526. The van der Waals surface area contributed by atoms with Gasteiger partial charge in [0.2, 0.25) is 0 Å². The molecule has 0 aliphatic heterocycles. The highest BCUT2D eigenvalue weighted by Crippen LogP contribution is 2.38. The summed E-state index contributed by atoms with van der Waals surface area (Å²) >= 11 is 5.97. The van der Waals surface area contributed by atoms with Crippen LogP contribution in [0, 0.1) is 23.5 Å². The van der Waals surface area contributed by atoms with Crippen LogP contribution in [0.2, 0.25) is 5.02 Å². The Balaban J connectivity index is 1.42. The monoisotopic (exact) mass is 434 g/mol. The Morgan fingerprint density at radius 1 is 1.03 bits per heavy atom. The van der Waals surface area contributed by atoms with Crippen molar-refractivity contribution in [1.29, 1.82) is 0 Å². The maximum atomic E-state index is 13.3. The molecule has 1 amide bonds. The Bertz CT molecular complexity index is 862. The van der Waals surface area contributed by atoms with Gasteiger partial charge in [-0.3, -0.25) is 4.79 Å². The van der Waals surface area contributed by atoms with E-state index >= 15 is 0 Å². The SMILES string of the molecule is CC(C)(Nc1ccc(Cl)cc1)C1CCC(CCNC(=O)c2ccc(F)c(F)c2)CC1. The number of benzene rings is 2. The molecule has 162 valence electrons. The third-order valence-corrected chi connectivity index (χ3v) is 6.45. The van der Waals surface area contributed by atoms with Crippen molar-refractivity contribution < 1.29 is 13.6 Å². The molecule has 1 saturated carbocycles. The first-order valence-electron chi connectivity index (χ1n) is 10.5. The van der Waals surface area contributed by atoms with Crippen LogP contribution in [0.5, 0.6) is 0 Å². The Morgan fingerprint density at radius 2 is 1.70 bits per heavy atom. The summed E-state index contributed by atoms with van der Waals surface area (Å²) in [4.78, 5) is 12.1. The van der Waals surface area contributed by atoms with E-state index in [-0.39, 0.29) is 17.0 Å². The third-order valence-electron chi connectivity index (χ3n) is 6.20. The summed E-state index contributed by atoms with van der Waals surface area (Å²) in [7, 11) is 0. The zero-order valence-corrected chi connectivity index (χ0v) is 18.2. The average Bonchev–Trinajstić information content (AvgIpc) is 2.72. The van der Waals surface area contributed by atoms with Crippen molar-refractivity contribution in [3.63, 3.8) is 0 Å². The minimum absolute atomic E-state index is 0.0142. The molecule has 1 fully saturated rings. The Hall–Kier alpha value is -2.14. The minimum atomic E-state index is -1.00. The van der Waals surface area contributed by atoms with E-state index in [2.05, 4.69) is 24.5 Å². The van der Waals surface area contributed by atoms with Crippen molar-refractivity contribution in [1.82, 2.24) is 5.32 Å². The van der Waals surface area contributed by atoms with E-state index in [1.807, 2.05) is 24.3 Å². The summed E-state index contributed by atoms with van der Waals surface area (Å²) in [6.07, 6.45) is 5.41. The topological polar surface area (TPSA) is 41.1 Å². The molecule has 1 aliphatic carbocycles. The molecule has 0 saturated heterocycles. The van der Waals surface area contributed by atoms with Crippen molar-refractivity contribution in [2.45, 2.75) is 51.5 Å². The maximum Gasteiger partial charge on any atom is 0.251 e. The van der Waals surface area contributed by atoms with Gasteiger partial charge in [-0.25, -0.2) is 8.78 Å². The summed E-state index contributed by atoms with van der Waals surface area (Å²) in [6.45, 7) is 5.03. The van der Waals surface area contributed by atoms with Crippen LogP contribution < -0.4 is 10.6 Å². The number of amides is 1. The molecule has 0 aromatic heterocycles. The molecule has 3 rings (SSSR count). The second kappa shape index (κ2) is 9.78. The summed E-state index contributed by atoms with van der Waals surface area (Å²) in [5.74, 6) is -1.18. The van der Waals surface area contributed by atoms with E-state index in [9.17, 15) is 13.6 Å². The van der Waals surface area contributed by atoms with Crippen LogP contribution in [-0.2, 0) is 0 Å². The van der Waals surface area contributed by atoms with Crippen LogP contribution in [-0.4, -0.2) is 18.0 Å². The van der Waals surface area contributed by atoms with Crippen molar-refractivity contribution in [2.75, 3.05) is 11.9 Å². The molecule has 0 radical (unpaired) electrons. The molecule has 0 spiro atoms. The smallest absolute Gasteiger partial charge is 0.251 e. The predicted molar refractivity (Wildman–Crippen MR) is 118 cm³/mol. The molecular weight excluding hydrogens is 406 g/mol. The lowest BCUT2D eigenvalue weighted by atomic mass is 9.72.